The molecule has 0 fully saturated rings. The number of fused-ring (bicyclic) bond motifs is 2. The van der Waals surface area contributed by atoms with E-state index in [2.05, 4.69) is 86.0 Å². The summed E-state index contributed by atoms with van der Waals surface area (Å²) in [6, 6.07) is 24.7. The van der Waals surface area contributed by atoms with Gasteiger partial charge in [-0.25, -0.2) is 0 Å². The summed E-state index contributed by atoms with van der Waals surface area (Å²) in [5.74, 6) is 3.27. The molecule has 0 bridgehead atoms. The molecule has 5 heterocycles. The van der Waals surface area contributed by atoms with Crippen LogP contribution in [0.25, 0.3) is 30.4 Å². The Kier molecular flexibility index (Phi) is 13.2. The molecule has 55 heavy (non-hydrogen) atoms. The fourth-order valence-corrected chi connectivity index (χ4v) is 8.81. The van der Waals surface area contributed by atoms with Crippen LogP contribution < -0.4 is 24.0 Å². The molecule has 8 nitrogen and oxygen atoms in total. The first-order valence-corrected chi connectivity index (χ1v) is 20.5. The van der Waals surface area contributed by atoms with Crippen LogP contribution in [0.2, 0.25) is 0 Å². The maximum Gasteiger partial charge on any atom is 0.181 e. The maximum atomic E-state index is 6.13. The standard InChI is InChI=1S/C44H42N2O6S3/c1-3-47-25-23-33(32-11-7-5-8-12-32)15-20-37-41-42(50-28-27-49-41)38(54-37)21-18-35-16-17-36(53-35)19-22-39-43-44(52-30-29-51-43)40(55-39)31-45-46(24-26-48-4-2)34-13-9-6-10-14-34/h3-22,31,33H,1-2,23-30H2/b20-15+,21-18+,22-19+,45-31+. The van der Waals surface area contributed by atoms with Crippen LogP contribution in [0.4, 0.5) is 5.69 Å². The molecule has 0 aliphatic carbocycles. The number of anilines is 1. The maximum absolute atomic E-state index is 6.13. The zero-order valence-electron chi connectivity index (χ0n) is 30.3. The van der Waals surface area contributed by atoms with Crippen molar-refractivity contribution in [2.75, 3.05) is 51.2 Å². The van der Waals surface area contributed by atoms with Crippen molar-refractivity contribution in [3.8, 4) is 23.0 Å². The highest BCUT2D eigenvalue weighted by molar-refractivity contribution is 7.16. The molecule has 0 spiro atoms. The largest absolute Gasteiger partial charge is 0.502 e. The Labute approximate surface area is 334 Å². The number of benzene rings is 2. The Morgan fingerprint density at radius 1 is 0.618 bits per heavy atom. The first-order chi connectivity index (χ1) is 27.2. The number of thiophene rings is 3. The van der Waals surface area contributed by atoms with Gasteiger partial charge in [0.25, 0.3) is 0 Å². The van der Waals surface area contributed by atoms with Crippen LogP contribution in [0.5, 0.6) is 23.0 Å². The van der Waals surface area contributed by atoms with E-state index in [4.69, 9.17) is 33.5 Å². The van der Waals surface area contributed by atoms with E-state index >= 15 is 0 Å². The van der Waals surface area contributed by atoms with E-state index in [-0.39, 0.29) is 5.92 Å². The van der Waals surface area contributed by atoms with Crippen LogP contribution in [-0.4, -0.2) is 52.4 Å². The van der Waals surface area contributed by atoms with Gasteiger partial charge in [-0.1, -0.05) is 67.8 Å². The average Bonchev–Trinajstić information content (AvgIpc) is 3.95. The molecule has 0 N–H and O–H groups in total. The summed E-state index contributed by atoms with van der Waals surface area (Å²) in [5, 5.41) is 6.71. The van der Waals surface area contributed by atoms with Crippen LogP contribution in [0.15, 0.2) is 110 Å². The average molecular weight is 791 g/mol. The van der Waals surface area contributed by atoms with Gasteiger partial charge in [0, 0.05) is 15.7 Å². The number of hydrogen-bond donors (Lipinski definition) is 0. The summed E-state index contributed by atoms with van der Waals surface area (Å²) in [6.45, 7) is 11.0. The van der Waals surface area contributed by atoms with Gasteiger partial charge in [-0.05, 0) is 66.6 Å². The molecule has 2 aliphatic rings. The number of allylic oxidation sites excluding steroid dienone is 1. The van der Waals surface area contributed by atoms with Crippen molar-refractivity contribution in [3.63, 3.8) is 0 Å². The second-order valence-electron chi connectivity index (χ2n) is 12.2. The van der Waals surface area contributed by atoms with Gasteiger partial charge in [0.2, 0.25) is 0 Å². The third-order valence-electron chi connectivity index (χ3n) is 8.62. The predicted octanol–water partition coefficient (Wildman–Crippen LogP) is 11.1. The van der Waals surface area contributed by atoms with Crippen LogP contribution >= 0.6 is 34.0 Å². The van der Waals surface area contributed by atoms with Crippen molar-refractivity contribution >= 4 is 76.3 Å². The Morgan fingerprint density at radius 3 is 1.75 bits per heavy atom. The van der Waals surface area contributed by atoms with E-state index in [9.17, 15) is 0 Å². The van der Waals surface area contributed by atoms with Gasteiger partial charge in [-0.2, -0.15) is 5.10 Å². The lowest BCUT2D eigenvalue weighted by molar-refractivity contribution is 0.173. The van der Waals surface area contributed by atoms with Crippen molar-refractivity contribution in [3.05, 3.63) is 139 Å². The highest BCUT2D eigenvalue weighted by Crippen LogP contribution is 2.47. The van der Waals surface area contributed by atoms with Gasteiger partial charge in [-0.15, -0.1) is 34.0 Å². The third kappa shape index (κ3) is 9.79. The van der Waals surface area contributed by atoms with Crippen molar-refractivity contribution in [1.82, 2.24) is 0 Å². The smallest absolute Gasteiger partial charge is 0.181 e. The van der Waals surface area contributed by atoms with Crippen LogP contribution in [0.3, 0.4) is 0 Å². The number of hydrogen-bond acceptors (Lipinski definition) is 11. The fourth-order valence-electron chi connectivity index (χ4n) is 6.02. The van der Waals surface area contributed by atoms with E-state index in [1.165, 1.54) is 18.1 Å². The Morgan fingerprint density at radius 2 is 1.15 bits per heavy atom. The van der Waals surface area contributed by atoms with E-state index in [1.54, 1.807) is 34.0 Å². The van der Waals surface area contributed by atoms with E-state index in [0.717, 1.165) is 64.4 Å². The Bertz CT molecular complexity index is 2000. The van der Waals surface area contributed by atoms with Gasteiger partial charge >= 0.3 is 0 Å². The third-order valence-corrected chi connectivity index (χ3v) is 11.8. The first kappa shape index (κ1) is 37.8. The number of nitrogens with zero attached hydrogens (tertiary/aromatic N) is 2. The normalized spacial score (nSPS) is 14.2. The van der Waals surface area contributed by atoms with E-state index in [1.807, 2.05) is 47.6 Å². The number of rotatable bonds is 18. The Balaban J connectivity index is 1.06. The molecule has 0 saturated heterocycles. The molecule has 0 saturated carbocycles. The van der Waals surface area contributed by atoms with Gasteiger partial charge < -0.3 is 28.4 Å². The highest BCUT2D eigenvalue weighted by atomic mass is 32.1. The van der Waals surface area contributed by atoms with Crippen molar-refractivity contribution in [2.24, 2.45) is 5.10 Å². The van der Waals surface area contributed by atoms with Crippen LogP contribution in [0.1, 0.15) is 47.2 Å². The van der Waals surface area contributed by atoms with Gasteiger partial charge in [0.1, 0.15) is 33.0 Å². The number of para-hydroxylation sites is 1. The van der Waals surface area contributed by atoms with E-state index < -0.39 is 0 Å². The van der Waals surface area contributed by atoms with Gasteiger partial charge in [-0.3, -0.25) is 5.01 Å². The summed E-state index contributed by atoms with van der Waals surface area (Å²) in [7, 11) is 0. The zero-order valence-corrected chi connectivity index (χ0v) is 32.8. The molecule has 5 aromatic rings. The van der Waals surface area contributed by atoms with Crippen LogP contribution in [0, 0.1) is 0 Å². The van der Waals surface area contributed by atoms with Crippen LogP contribution in [-0.2, 0) is 9.47 Å². The SMILES string of the molecule is C=COCCC(/C=C/c1sc(/C=C/c2ccc(/C=C/c3sc(/C=N/N(CCOC=C)c4ccccc4)c4c3OCCO4)s2)c2c1OCCO2)c1ccccc1. The lowest BCUT2D eigenvalue weighted by atomic mass is 9.95. The second-order valence-corrected chi connectivity index (χ2v) is 15.5. The molecule has 0 amide bonds. The molecule has 2 aromatic carbocycles. The van der Waals surface area contributed by atoms with Crippen molar-refractivity contribution in [1.29, 1.82) is 0 Å². The summed E-state index contributed by atoms with van der Waals surface area (Å²) in [6.07, 6.45) is 18.5. The van der Waals surface area contributed by atoms with Crippen molar-refractivity contribution < 1.29 is 28.4 Å². The molecule has 7 rings (SSSR count). The Hall–Kier alpha value is -5.49. The second kappa shape index (κ2) is 19.2. The van der Waals surface area contributed by atoms with Gasteiger partial charge in [0.15, 0.2) is 23.0 Å². The summed E-state index contributed by atoms with van der Waals surface area (Å²) in [5.41, 5.74) is 2.20. The molecule has 11 heteroatoms. The molecule has 1 unspecified atom stereocenters. The molecule has 1 atom stereocenters. The summed E-state index contributed by atoms with van der Waals surface area (Å²) >= 11 is 4.97. The lowest BCUT2D eigenvalue weighted by Crippen LogP contribution is -2.21. The minimum Gasteiger partial charge on any atom is -0.502 e. The number of hydrazone groups is 1. The first-order valence-electron chi connectivity index (χ1n) is 18.1. The van der Waals surface area contributed by atoms with Gasteiger partial charge in [0.05, 0.1) is 57.1 Å². The van der Waals surface area contributed by atoms with Crippen molar-refractivity contribution in [2.45, 2.75) is 12.3 Å². The summed E-state index contributed by atoms with van der Waals surface area (Å²) in [4.78, 5) is 6.19. The quantitative estimate of drug-likeness (QED) is 0.0379. The predicted molar refractivity (Wildman–Crippen MR) is 229 cm³/mol. The molecule has 2 aliphatic heterocycles. The topological polar surface area (TPSA) is 71.0 Å². The monoisotopic (exact) mass is 790 g/mol. The molecule has 0 radical (unpaired) electrons. The molecule has 282 valence electrons. The highest BCUT2D eigenvalue weighted by Gasteiger charge is 2.24. The zero-order chi connectivity index (χ0) is 37.7. The van der Waals surface area contributed by atoms with E-state index in [0.29, 0.717) is 46.2 Å². The lowest BCUT2D eigenvalue weighted by Gasteiger charge is -2.19. The molecular weight excluding hydrogens is 749 g/mol. The number of ether oxygens (including phenoxy) is 6. The molecule has 3 aromatic heterocycles. The molecular formula is C44H42N2O6S3. The minimum atomic E-state index is 0.191. The summed E-state index contributed by atoms with van der Waals surface area (Å²) < 4.78 is 35.3. The minimum absolute atomic E-state index is 0.191. The fraction of sp³-hybridized carbons (Fsp3) is 0.205.